The Morgan fingerprint density at radius 1 is 1.00 bits per heavy atom. The summed E-state index contributed by atoms with van der Waals surface area (Å²) in [5, 5.41) is 3.50. The Morgan fingerprint density at radius 2 is 1.75 bits per heavy atom. The number of nitrogens with zero attached hydrogens (tertiary/aromatic N) is 3. The molecule has 168 valence electrons. The maximum atomic E-state index is 13.9. The molecule has 0 bridgehead atoms. The van der Waals surface area contributed by atoms with Gasteiger partial charge in [0, 0.05) is 43.7 Å². The molecule has 0 unspecified atom stereocenters. The number of benzene rings is 1. The Bertz CT molecular complexity index is 1110. The monoisotopic (exact) mass is 483 g/mol. The van der Waals surface area contributed by atoms with Crippen molar-refractivity contribution in [2.24, 2.45) is 0 Å². The van der Waals surface area contributed by atoms with Gasteiger partial charge in [0.15, 0.2) is 0 Å². The number of nitrogens with one attached hydrogen (secondary N) is 2. The molecule has 1 aliphatic heterocycles. The molecule has 1 fully saturated rings. The first-order valence-electron chi connectivity index (χ1n) is 9.71. The van der Waals surface area contributed by atoms with Gasteiger partial charge in [-0.3, -0.25) is 0 Å². The van der Waals surface area contributed by atoms with Gasteiger partial charge in [0.05, 0.1) is 16.3 Å². The minimum absolute atomic E-state index is 0.133. The van der Waals surface area contributed by atoms with Crippen molar-refractivity contribution in [2.75, 3.05) is 35.8 Å². The third-order valence-corrected chi connectivity index (χ3v) is 5.95. The van der Waals surface area contributed by atoms with E-state index in [2.05, 4.69) is 24.9 Å². The van der Waals surface area contributed by atoms with Gasteiger partial charge in [-0.2, -0.15) is 13.2 Å². The fourth-order valence-corrected chi connectivity index (χ4v) is 4.10. The fraction of sp³-hybridized carbons (Fsp3) is 0.238. The summed E-state index contributed by atoms with van der Waals surface area (Å²) in [6.45, 7) is 3.43. The molecule has 0 atom stereocenters. The topological polar surface area (TPSA) is 53.1 Å². The maximum Gasteiger partial charge on any atom is 0.418 e. The van der Waals surface area contributed by atoms with Crippen molar-refractivity contribution in [1.29, 1.82) is 0 Å². The molecule has 0 saturated carbocycles. The van der Waals surface area contributed by atoms with Crippen LogP contribution in [0.5, 0.6) is 0 Å². The first-order chi connectivity index (χ1) is 15.3. The van der Waals surface area contributed by atoms with Crippen LogP contribution >= 0.6 is 23.5 Å². The molecular weight excluding hydrogens is 466 g/mol. The first-order valence-corrected chi connectivity index (χ1v) is 10.9. The summed E-state index contributed by atoms with van der Waals surface area (Å²) >= 11 is 7.06. The van der Waals surface area contributed by atoms with Crippen molar-refractivity contribution < 1.29 is 17.6 Å². The Hall–Kier alpha value is -2.56. The van der Waals surface area contributed by atoms with Gasteiger partial charge < -0.3 is 14.9 Å². The summed E-state index contributed by atoms with van der Waals surface area (Å²) in [4.78, 5) is 10.8. The SMILES string of the molecule is Fc1cccc(-c2nc(NSc3cccc(N4CCNCC4)n3)ccc2C(F)(F)F)c1Cl. The highest BCUT2D eigenvalue weighted by Gasteiger charge is 2.35. The van der Waals surface area contributed by atoms with Crippen LogP contribution in [0.1, 0.15) is 5.56 Å². The number of aromatic nitrogens is 2. The lowest BCUT2D eigenvalue weighted by atomic mass is 10.0. The van der Waals surface area contributed by atoms with E-state index in [0.717, 1.165) is 56.1 Å². The average Bonchev–Trinajstić information content (AvgIpc) is 2.79. The molecule has 0 aliphatic carbocycles. The summed E-state index contributed by atoms with van der Waals surface area (Å²) in [6, 6.07) is 11.4. The highest BCUT2D eigenvalue weighted by Crippen LogP contribution is 2.40. The standard InChI is InChI=1S/C21H18ClF4N5S/c22-19-13(3-1-4-15(19)23)20-14(21(24,25)26)7-8-16(28-20)30-32-18-6-2-5-17(29-18)31-11-9-27-10-12-31/h1-8,27H,9-12H2,(H,28,30). The lowest BCUT2D eigenvalue weighted by Crippen LogP contribution is -2.43. The number of alkyl halides is 3. The van der Waals surface area contributed by atoms with Crippen molar-refractivity contribution in [3.63, 3.8) is 0 Å². The third kappa shape index (κ3) is 5.08. The Labute approximate surface area is 191 Å². The maximum absolute atomic E-state index is 13.9. The number of piperazine rings is 1. The van der Waals surface area contributed by atoms with E-state index in [0.29, 0.717) is 5.03 Å². The number of hydrogen-bond acceptors (Lipinski definition) is 6. The van der Waals surface area contributed by atoms with Crippen LogP contribution in [0.4, 0.5) is 29.2 Å². The second-order valence-corrected chi connectivity index (χ2v) is 8.17. The second kappa shape index (κ2) is 9.51. The van der Waals surface area contributed by atoms with Crippen molar-refractivity contribution in [1.82, 2.24) is 15.3 Å². The highest BCUT2D eigenvalue weighted by molar-refractivity contribution is 8.00. The van der Waals surface area contributed by atoms with Gasteiger partial charge in [-0.15, -0.1) is 0 Å². The zero-order chi connectivity index (χ0) is 22.7. The van der Waals surface area contributed by atoms with Gasteiger partial charge in [0.1, 0.15) is 22.5 Å². The van der Waals surface area contributed by atoms with Crippen molar-refractivity contribution >= 4 is 35.2 Å². The van der Waals surface area contributed by atoms with Gasteiger partial charge in [-0.05, 0) is 30.3 Å². The summed E-state index contributed by atoms with van der Waals surface area (Å²) in [6.07, 6.45) is -4.68. The summed E-state index contributed by atoms with van der Waals surface area (Å²) < 4.78 is 57.4. The van der Waals surface area contributed by atoms with E-state index in [4.69, 9.17) is 11.6 Å². The molecule has 32 heavy (non-hydrogen) atoms. The minimum Gasteiger partial charge on any atom is -0.354 e. The normalized spacial score (nSPS) is 14.5. The van der Waals surface area contributed by atoms with E-state index in [1.165, 1.54) is 18.2 Å². The average molecular weight is 484 g/mol. The minimum atomic E-state index is -4.68. The zero-order valence-electron chi connectivity index (χ0n) is 16.6. The number of anilines is 2. The molecule has 2 N–H and O–H groups in total. The van der Waals surface area contributed by atoms with Gasteiger partial charge in [-0.25, -0.2) is 14.4 Å². The number of halogens is 5. The summed E-state index contributed by atoms with van der Waals surface area (Å²) in [5.41, 5.74) is -1.58. The van der Waals surface area contributed by atoms with Crippen LogP contribution in [0, 0.1) is 5.82 Å². The van der Waals surface area contributed by atoms with Crippen LogP contribution in [-0.4, -0.2) is 36.1 Å². The first kappa shape index (κ1) is 22.6. The van der Waals surface area contributed by atoms with Crippen molar-refractivity contribution in [3.8, 4) is 11.3 Å². The molecule has 0 radical (unpaired) electrons. The number of pyridine rings is 2. The van der Waals surface area contributed by atoms with E-state index in [9.17, 15) is 17.6 Å². The largest absolute Gasteiger partial charge is 0.418 e. The van der Waals surface area contributed by atoms with E-state index in [-0.39, 0.29) is 11.4 Å². The zero-order valence-corrected chi connectivity index (χ0v) is 18.2. The molecule has 1 aliphatic rings. The van der Waals surface area contributed by atoms with Gasteiger partial charge in [0.2, 0.25) is 0 Å². The molecule has 2 aromatic heterocycles. The van der Waals surface area contributed by atoms with Crippen molar-refractivity contribution in [2.45, 2.75) is 11.2 Å². The van der Waals surface area contributed by atoms with Crippen LogP contribution in [0.3, 0.4) is 0 Å². The molecule has 5 nitrogen and oxygen atoms in total. The Morgan fingerprint density at radius 3 is 2.50 bits per heavy atom. The van der Waals surface area contributed by atoms with Crippen LogP contribution < -0.4 is 14.9 Å². The lowest BCUT2D eigenvalue weighted by Gasteiger charge is -2.28. The van der Waals surface area contributed by atoms with Crippen molar-refractivity contribution in [3.05, 3.63) is 64.9 Å². The fourth-order valence-electron chi connectivity index (χ4n) is 3.27. The molecular formula is C21H18ClF4N5S. The van der Waals surface area contributed by atoms with E-state index < -0.39 is 28.3 Å². The molecule has 0 spiro atoms. The lowest BCUT2D eigenvalue weighted by molar-refractivity contribution is -0.137. The van der Waals surface area contributed by atoms with Crippen LogP contribution in [0.2, 0.25) is 5.02 Å². The van der Waals surface area contributed by atoms with E-state index in [1.807, 2.05) is 12.1 Å². The Kier molecular flexibility index (Phi) is 6.73. The molecule has 11 heteroatoms. The summed E-state index contributed by atoms with van der Waals surface area (Å²) in [7, 11) is 0. The highest BCUT2D eigenvalue weighted by atomic mass is 35.5. The molecule has 3 aromatic rings. The van der Waals surface area contributed by atoms with E-state index in [1.54, 1.807) is 6.07 Å². The predicted octanol–water partition coefficient (Wildman–Crippen LogP) is 5.48. The van der Waals surface area contributed by atoms with Crippen LogP contribution in [0.25, 0.3) is 11.3 Å². The van der Waals surface area contributed by atoms with Gasteiger partial charge in [0.25, 0.3) is 0 Å². The molecule has 1 aromatic carbocycles. The summed E-state index contributed by atoms with van der Waals surface area (Å²) in [5.74, 6) is 0.166. The van der Waals surface area contributed by atoms with Gasteiger partial charge in [-0.1, -0.05) is 29.8 Å². The van der Waals surface area contributed by atoms with Gasteiger partial charge >= 0.3 is 6.18 Å². The molecule has 1 saturated heterocycles. The molecule has 4 rings (SSSR count). The molecule has 0 amide bonds. The van der Waals surface area contributed by atoms with Crippen LogP contribution in [0.15, 0.2) is 53.6 Å². The predicted molar refractivity (Wildman–Crippen MR) is 118 cm³/mol. The number of rotatable bonds is 5. The Balaban J connectivity index is 1.59. The molecule has 3 heterocycles. The second-order valence-electron chi connectivity index (χ2n) is 6.97. The number of hydrogen-bond donors (Lipinski definition) is 2. The quantitative estimate of drug-likeness (QED) is 0.370. The van der Waals surface area contributed by atoms with E-state index >= 15 is 0 Å². The smallest absolute Gasteiger partial charge is 0.354 e. The third-order valence-electron chi connectivity index (χ3n) is 4.82. The van der Waals surface area contributed by atoms with Crippen LogP contribution in [-0.2, 0) is 6.18 Å².